The number of nitrogen functional groups attached to an aromatic ring is 1. The molecule has 6 aliphatic rings. The molecule has 0 saturated carbocycles. The Morgan fingerprint density at radius 2 is 1.04 bits per heavy atom. The second-order valence-corrected chi connectivity index (χ2v) is 23.9. The van der Waals surface area contributed by atoms with Gasteiger partial charge in [0.15, 0.2) is 27.1 Å². The van der Waals surface area contributed by atoms with Gasteiger partial charge in [-0.15, -0.1) is 0 Å². The zero-order chi connectivity index (χ0) is 65.7. The van der Waals surface area contributed by atoms with Crippen LogP contribution in [0.15, 0.2) is 112 Å². The molecule has 6 fully saturated rings. The van der Waals surface area contributed by atoms with Gasteiger partial charge in [0.2, 0.25) is 0 Å². The first kappa shape index (κ1) is 69.5. The number of carbonyl (C=O) groups is 2. The topological polar surface area (TPSA) is 344 Å². The molecule has 6 saturated heterocycles. The van der Waals surface area contributed by atoms with Crippen LogP contribution in [-0.2, 0) is 52.0 Å². The van der Waals surface area contributed by atoms with Crippen LogP contribution in [0.2, 0.25) is 0 Å². The van der Waals surface area contributed by atoms with E-state index < -0.39 is 79.6 Å². The highest BCUT2D eigenvalue weighted by Crippen LogP contribution is 2.55. The lowest BCUT2D eigenvalue weighted by Crippen LogP contribution is -2.47. The number of fused-ring (bicyclic) bond motifs is 6. The van der Waals surface area contributed by atoms with Gasteiger partial charge in [-0.05, 0) is 61.7 Å². The van der Waals surface area contributed by atoms with Crippen molar-refractivity contribution in [3.63, 3.8) is 0 Å². The minimum absolute atomic E-state index is 0.0464. The summed E-state index contributed by atoms with van der Waals surface area (Å²) >= 11 is 0. The largest absolute Gasteiger partial charge is 0.388 e. The molecule has 5 N–H and O–H groups in total. The van der Waals surface area contributed by atoms with E-state index in [9.17, 15) is 29.1 Å². The van der Waals surface area contributed by atoms with Gasteiger partial charge in [-0.1, -0.05) is 64.1 Å². The van der Waals surface area contributed by atoms with Crippen LogP contribution in [0.5, 0.6) is 0 Å². The van der Waals surface area contributed by atoms with Gasteiger partial charge in [-0.3, -0.25) is 37.8 Å². The van der Waals surface area contributed by atoms with Crippen LogP contribution >= 0.6 is 8.38 Å². The molecular weight excluding hydrogens is 1220 g/mol. The Balaban J connectivity index is 0.000000168. The molecule has 0 spiro atoms. The van der Waals surface area contributed by atoms with E-state index >= 15 is 0 Å². The fraction of sp³-hybridized carbons (Fsp3) is 0.557. The average molecular weight is 1300 g/mol. The monoisotopic (exact) mass is 1300 g/mol. The fourth-order valence-electron chi connectivity index (χ4n) is 12.4. The summed E-state index contributed by atoms with van der Waals surface area (Å²) in [5.74, 6) is -0.00486. The number of ether oxygens (including phenoxy) is 6. The number of hydrogen-bond donors (Lipinski definition) is 4. The Morgan fingerprint density at radius 1 is 0.620 bits per heavy atom. The molecule has 11 rings (SSSR count). The number of rotatable bonds is 27. The van der Waals surface area contributed by atoms with Gasteiger partial charge < -0.3 is 58.9 Å². The molecule has 1 unspecified atom stereocenters. The average Bonchev–Trinajstić information content (AvgIpc) is 1.58. The number of aromatic nitrogens is 6. The zero-order valence-corrected chi connectivity index (χ0v) is 53.7. The van der Waals surface area contributed by atoms with Crippen molar-refractivity contribution in [2.45, 2.75) is 119 Å². The molecule has 0 aliphatic carbocycles. The Bertz CT molecular complexity index is 3500. The highest BCUT2D eigenvalue weighted by atomic mass is 31.2. The van der Waals surface area contributed by atoms with Crippen molar-refractivity contribution in [1.29, 1.82) is 5.26 Å². The van der Waals surface area contributed by atoms with E-state index in [0.717, 1.165) is 6.42 Å². The van der Waals surface area contributed by atoms with Crippen LogP contribution < -0.4 is 33.4 Å². The Labute approximate surface area is 533 Å². The Morgan fingerprint density at radius 3 is 1.50 bits per heavy atom. The number of morpholine rings is 3. The minimum atomic E-state index is -1.31. The number of benzene rings is 2. The molecule has 92 heavy (non-hydrogen) atoms. The summed E-state index contributed by atoms with van der Waals surface area (Å²) in [7, 11) is 3.50. The first-order valence-electron chi connectivity index (χ1n) is 30.5. The summed E-state index contributed by atoms with van der Waals surface area (Å²) in [6, 6.07) is 23.0. The second-order valence-electron chi connectivity index (χ2n) is 22.6. The summed E-state index contributed by atoms with van der Waals surface area (Å²) in [5.41, 5.74) is 3.00. The van der Waals surface area contributed by atoms with Gasteiger partial charge in [0, 0.05) is 63.6 Å². The van der Waals surface area contributed by atoms with Crippen LogP contribution in [0.4, 0.5) is 17.5 Å². The van der Waals surface area contributed by atoms with E-state index in [1.165, 1.54) is 26.0 Å². The van der Waals surface area contributed by atoms with E-state index in [-0.39, 0.29) is 59.9 Å². The predicted molar refractivity (Wildman–Crippen MR) is 332 cm³/mol. The van der Waals surface area contributed by atoms with Crippen LogP contribution in [0, 0.1) is 17.2 Å². The van der Waals surface area contributed by atoms with E-state index in [4.69, 9.17) is 63.0 Å². The molecule has 498 valence electrons. The van der Waals surface area contributed by atoms with E-state index in [1.54, 1.807) is 105 Å². The van der Waals surface area contributed by atoms with Crippen LogP contribution in [0.1, 0.15) is 92.8 Å². The molecule has 2 aromatic carbocycles. The molecule has 31 heteroatoms. The number of hydroxylamine groups is 6. The third kappa shape index (κ3) is 15.0. The second kappa shape index (κ2) is 31.4. The minimum Gasteiger partial charge on any atom is -0.388 e. The summed E-state index contributed by atoms with van der Waals surface area (Å²) < 4.78 is 50.4. The molecule has 3 aromatic heterocycles. The molecule has 6 aliphatic heterocycles. The van der Waals surface area contributed by atoms with Crippen LogP contribution in [0.3, 0.4) is 0 Å². The van der Waals surface area contributed by atoms with Crippen LogP contribution in [-0.4, -0.2) is 202 Å². The number of nitrogens with two attached hydrogens (primary N) is 1. The zero-order valence-electron chi connectivity index (χ0n) is 52.8. The van der Waals surface area contributed by atoms with Gasteiger partial charge in [0.05, 0.1) is 90.0 Å². The van der Waals surface area contributed by atoms with Crippen LogP contribution in [0.25, 0.3) is 0 Å². The van der Waals surface area contributed by atoms with Crippen molar-refractivity contribution < 1.29 is 66.7 Å². The number of methoxy groups -OCH3 is 3. The quantitative estimate of drug-likeness (QED) is 0.0428. The third-order valence-corrected chi connectivity index (χ3v) is 18.4. The van der Waals surface area contributed by atoms with Gasteiger partial charge >= 0.3 is 17.1 Å². The maximum absolute atomic E-state index is 13.1. The summed E-state index contributed by atoms with van der Waals surface area (Å²) in [5, 5.41) is 30.3. The number of aliphatic hydroxyl groups excluding tert-OH is 1. The maximum atomic E-state index is 13.1. The van der Waals surface area contributed by atoms with Crippen molar-refractivity contribution in [3.05, 3.63) is 140 Å². The van der Waals surface area contributed by atoms with Gasteiger partial charge in [0.25, 0.3) is 11.8 Å². The smallest absolute Gasteiger partial charge is 0.351 e. The number of anilines is 3. The Kier molecular flexibility index (Phi) is 23.7. The van der Waals surface area contributed by atoms with Crippen molar-refractivity contribution in [1.82, 2.24) is 43.8 Å². The summed E-state index contributed by atoms with van der Waals surface area (Å²) in [6.45, 7) is 14.2. The SMILES string of the molecule is CC[C@@]12CN(OCCOC)[C@@H]([C@H](n3ccc(N)nc3=O)O1)[C@@H]2C.CC[C@@]12CN(OCCOC)[C@@H]([C@H](n3ccc(NC(=O)c4ccccc4)nc3=O)O1)[C@@H]2O.CC[C@@]12CN(OCCOC)[C@@H]([C@H](n3ccc(NC(=O)c4ccccc4)nc3=O)O1)[C@@H]2OP(C)OCCC#N. The number of amides is 2. The third-order valence-electron chi connectivity index (χ3n) is 17.3. The van der Waals surface area contributed by atoms with Gasteiger partial charge in [-0.2, -0.15) is 35.4 Å². The van der Waals surface area contributed by atoms with E-state index in [1.807, 2.05) is 37.7 Å². The van der Waals surface area contributed by atoms with Crippen molar-refractivity contribution in [2.75, 3.05) is 110 Å². The number of carbonyl (C=O) groups excluding carboxylic acids is 2. The maximum Gasteiger partial charge on any atom is 0.351 e. The molecule has 13 atom stereocenters. The molecule has 30 nitrogen and oxygen atoms in total. The molecule has 2 amide bonds. The lowest BCUT2D eigenvalue weighted by molar-refractivity contribution is -0.252. The number of nitrogens with one attached hydrogen (secondary N) is 2. The first-order valence-corrected chi connectivity index (χ1v) is 32.1. The van der Waals surface area contributed by atoms with E-state index in [0.29, 0.717) is 83.2 Å². The Hall–Kier alpha value is -6.86. The first-order chi connectivity index (χ1) is 44.4. The summed E-state index contributed by atoms with van der Waals surface area (Å²) in [6.07, 6.45) is 3.73. The van der Waals surface area contributed by atoms with Crippen molar-refractivity contribution >= 4 is 37.6 Å². The lowest BCUT2D eigenvalue weighted by atomic mass is 9.88. The standard InChI is InChI=1S/C25H32N5O7P.C21H26N4O6.C15H24N4O4/c1-4-25-17-30(34-16-15-33-2)20(21(25)37-38(3)35-14-8-12-26)23(36-25)29-13-11-19(28-24(29)32)27-22(31)18-9-6-5-7-10-18;1-3-21-13-25(30-12-11-29-2)16(17(21)26)19(31-21)24-10-9-15(23-20(24)28)22-18(27)14-7-5-4-6-8-14;1-4-15-9-19(22-8-7-21-3)12(10(15)2)13(23-15)18-6-5-11(16)17-14(18)20/h5-7,9-11,13,20-21,23H,4,8,14-17H2,1-3H3,(H,27,28,31,32);4-10,16-17,19,26H,3,11-13H2,1-2H3,(H,22,23,27,28);5-6,10,12-13H,4,7-9H2,1-3H3,(H2,16,17,20)/t20-,21+,23-,25+,38?;16-,17+,19-,21+;10-,12+,13+,15-/m110/s1. The number of nitrogens with zero attached hydrogens (tertiary/aromatic N) is 10. The molecule has 6 bridgehead atoms. The van der Waals surface area contributed by atoms with Gasteiger partial charge in [-0.25, -0.2) is 14.4 Å². The normalized spacial score (nSPS) is 28.1. The number of aliphatic hydroxyl groups is 1. The predicted octanol–water partition coefficient (Wildman–Crippen LogP) is 3.89. The molecule has 0 radical (unpaired) electrons. The van der Waals surface area contributed by atoms with Gasteiger partial charge in [0.1, 0.15) is 52.9 Å². The molecule has 5 aromatic rings. The van der Waals surface area contributed by atoms with Crippen molar-refractivity contribution in [3.8, 4) is 6.07 Å². The molecule has 9 heterocycles. The number of hydrogen-bond acceptors (Lipinski definition) is 25. The lowest BCUT2D eigenvalue weighted by Gasteiger charge is -2.36. The highest BCUT2D eigenvalue weighted by Gasteiger charge is 2.67. The van der Waals surface area contributed by atoms with Crippen molar-refractivity contribution in [2.24, 2.45) is 5.92 Å². The molecular formula is C61H82N13O17P. The number of nitriles is 1. The van der Waals surface area contributed by atoms with E-state index in [2.05, 4.69) is 45.5 Å². The summed E-state index contributed by atoms with van der Waals surface area (Å²) in [4.78, 5) is 92.4. The highest BCUT2D eigenvalue weighted by molar-refractivity contribution is 7.46. The fourth-order valence-corrected chi connectivity index (χ4v) is 13.4.